The van der Waals surface area contributed by atoms with Crippen molar-refractivity contribution in [3.63, 3.8) is 0 Å². The van der Waals surface area contributed by atoms with Crippen molar-refractivity contribution in [2.75, 3.05) is 10.0 Å². The average Bonchev–Trinajstić information content (AvgIpc) is 2.64. The number of hydrogen-bond acceptors (Lipinski definition) is 3. The highest BCUT2D eigenvalue weighted by Gasteiger charge is 2.27. The molecule has 1 aliphatic carbocycles. The first kappa shape index (κ1) is 18.4. The maximum absolute atomic E-state index is 12.9. The average molecular weight is 376 g/mol. The van der Waals surface area contributed by atoms with Crippen molar-refractivity contribution in [2.45, 2.75) is 37.4 Å². The van der Waals surface area contributed by atoms with Crippen LogP contribution in [0.2, 0.25) is 0 Å². The summed E-state index contributed by atoms with van der Waals surface area (Å²) in [6.07, 6.45) is 4.25. The molecule has 1 amide bonds. The number of hydrogen-bond donors (Lipinski definition) is 2. The van der Waals surface area contributed by atoms with E-state index in [0.717, 1.165) is 19.3 Å². The van der Waals surface area contributed by atoms with Crippen molar-refractivity contribution < 1.29 is 17.6 Å². The minimum absolute atomic E-state index is 0.318. The minimum Gasteiger partial charge on any atom is -0.322 e. The fraction of sp³-hybridized carbons (Fsp3) is 0.316. The first-order valence-corrected chi connectivity index (χ1v) is 10.2. The van der Waals surface area contributed by atoms with Crippen molar-refractivity contribution in [1.29, 1.82) is 0 Å². The summed E-state index contributed by atoms with van der Waals surface area (Å²) in [6, 6.07) is 11.8. The van der Waals surface area contributed by atoms with Crippen molar-refractivity contribution >= 4 is 27.3 Å². The van der Waals surface area contributed by atoms with E-state index in [1.165, 1.54) is 30.3 Å². The van der Waals surface area contributed by atoms with Gasteiger partial charge >= 0.3 is 0 Å². The van der Waals surface area contributed by atoms with Crippen LogP contribution in [0.1, 0.15) is 42.5 Å². The monoisotopic (exact) mass is 376 g/mol. The highest BCUT2D eigenvalue weighted by atomic mass is 32.2. The lowest BCUT2D eigenvalue weighted by Crippen LogP contribution is -2.29. The Morgan fingerprint density at radius 1 is 0.962 bits per heavy atom. The number of amides is 1. The predicted molar refractivity (Wildman–Crippen MR) is 100 cm³/mol. The number of sulfonamides is 1. The van der Waals surface area contributed by atoms with Gasteiger partial charge in [0.05, 0.1) is 5.25 Å². The van der Waals surface area contributed by atoms with E-state index >= 15 is 0 Å². The van der Waals surface area contributed by atoms with Crippen LogP contribution >= 0.6 is 0 Å². The van der Waals surface area contributed by atoms with Crippen LogP contribution in [0.5, 0.6) is 0 Å². The zero-order chi connectivity index (χ0) is 18.6. The van der Waals surface area contributed by atoms with E-state index in [4.69, 9.17) is 0 Å². The van der Waals surface area contributed by atoms with Crippen molar-refractivity contribution in [2.24, 2.45) is 0 Å². The van der Waals surface area contributed by atoms with Gasteiger partial charge in [-0.2, -0.15) is 0 Å². The Morgan fingerprint density at radius 2 is 1.65 bits per heavy atom. The van der Waals surface area contributed by atoms with Crippen LogP contribution in [0.25, 0.3) is 0 Å². The Morgan fingerprint density at radius 3 is 2.35 bits per heavy atom. The van der Waals surface area contributed by atoms with Crippen molar-refractivity contribution in [3.8, 4) is 0 Å². The largest absolute Gasteiger partial charge is 0.322 e. The molecule has 7 heteroatoms. The van der Waals surface area contributed by atoms with E-state index in [0.29, 0.717) is 29.8 Å². The van der Waals surface area contributed by atoms with Crippen LogP contribution in [0.4, 0.5) is 15.8 Å². The molecule has 2 aromatic rings. The lowest BCUT2D eigenvalue weighted by molar-refractivity contribution is 0.102. The summed E-state index contributed by atoms with van der Waals surface area (Å²) < 4.78 is 40.6. The van der Waals surface area contributed by atoms with E-state index in [1.54, 1.807) is 18.2 Å². The number of nitrogens with one attached hydrogen (secondary N) is 2. The molecular formula is C19H21FN2O3S. The summed E-state index contributed by atoms with van der Waals surface area (Å²) in [5, 5.41) is 2.27. The molecular weight excluding hydrogens is 355 g/mol. The van der Waals surface area contributed by atoms with Gasteiger partial charge in [0, 0.05) is 16.9 Å². The highest BCUT2D eigenvalue weighted by Crippen LogP contribution is 2.25. The van der Waals surface area contributed by atoms with Gasteiger partial charge in [-0.3, -0.25) is 9.52 Å². The molecule has 0 bridgehead atoms. The Bertz CT molecular complexity index is 876. The second kappa shape index (κ2) is 7.86. The fourth-order valence-corrected chi connectivity index (χ4v) is 4.66. The van der Waals surface area contributed by atoms with E-state index in [2.05, 4.69) is 10.0 Å². The molecule has 26 heavy (non-hydrogen) atoms. The van der Waals surface area contributed by atoms with E-state index in [1.807, 2.05) is 0 Å². The molecule has 0 aliphatic heterocycles. The van der Waals surface area contributed by atoms with Crippen LogP contribution in [-0.2, 0) is 10.0 Å². The van der Waals surface area contributed by atoms with Gasteiger partial charge in [0.25, 0.3) is 5.91 Å². The molecule has 1 aliphatic rings. The molecule has 5 nitrogen and oxygen atoms in total. The molecule has 2 aromatic carbocycles. The van der Waals surface area contributed by atoms with Gasteiger partial charge in [-0.05, 0) is 55.3 Å². The van der Waals surface area contributed by atoms with E-state index in [9.17, 15) is 17.6 Å². The van der Waals surface area contributed by atoms with Crippen LogP contribution in [-0.4, -0.2) is 19.6 Å². The number of benzene rings is 2. The topological polar surface area (TPSA) is 75.3 Å². The minimum atomic E-state index is -3.47. The molecule has 0 heterocycles. The van der Waals surface area contributed by atoms with E-state index in [-0.39, 0.29) is 11.1 Å². The molecule has 0 unspecified atom stereocenters. The van der Waals surface area contributed by atoms with Gasteiger partial charge in [0.1, 0.15) is 5.82 Å². The lowest BCUT2D eigenvalue weighted by Gasteiger charge is -2.22. The van der Waals surface area contributed by atoms with Gasteiger partial charge < -0.3 is 5.32 Å². The van der Waals surface area contributed by atoms with Crippen molar-refractivity contribution in [3.05, 3.63) is 59.9 Å². The summed E-state index contributed by atoms with van der Waals surface area (Å²) in [4.78, 5) is 12.3. The van der Waals surface area contributed by atoms with Gasteiger partial charge in [-0.1, -0.05) is 25.3 Å². The molecule has 0 spiro atoms. The molecule has 0 atom stereocenters. The number of carbonyl (C=O) groups excluding carboxylic acids is 1. The fourth-order valence-electron chi connectivity index (χ4n) is 3.08. The Kier molecular flexibility index (Phi) is 5.56. The third-order valence-corrected chi connectivity index (χ3v) is 6.35. The van der Waals surface area contributed by atoms with Crippen LogP contribution in [0, 0.1) is 5.82 Å². The standard InChI is InChI=1S/C19H21FN2O3S/c20-15-9-11-16(12-10-15)21-19(23)14-5-4-6-17(13-14)22-26(24,25)18-7-2-1-3-8-18/h4-6,9-13,18,22H,1-3,7-8H2,(H,21,23). The number of anilines is 2. The number of rotatable bonds is 5. The third kappa shape index (κ3) is 4.60. The summed E-state index contributed by atoms with van der Waals surface area (Å²) in [6.45, 7) is 0. The zero-order valence-electron chi connectivity index (χ0n) is 14.2. The summed E-state index contributed by atoms with van der Waals surface area (Å²) in [5.41, 5.74) is 1.14. The first-order chi connectivity index (χ1) is 12.4. The summed E-state index contributed by atoms with van der Waals surface area (Å²) in [7, 11) is -3.47. The van der Waals surface area contributed by atoms with Crippen LogP contribution in [0.3, 0.4) is 0 Å². The molecule has 0 aromatic heterocycles. The molecule has 0 radical (unpaired) electrons. The quantitative estimate of drug-likeness (QED) is 0.823. The second-order valence-corrected chi connectivity index (χ2v) is 8.41. The molecule has 2 N–H and O–H groups in total. The summed E-state index contributed by atoms with van der Waals surface area (Å²) >= 11 is 0. The van der Waals surface area contributed by atoms with Gasteiger partial charge in [-0.25, -0.2) is 12.8 Å². The Balaban J connectivity index is 1.71. The highest BCUT2D eigenvalue weighted by molar-refractivity contribution is 7.93. The maximum Gasteiger partial charge on any atom is 0.255 e. The number of carbonyl (C=O) groups is 1. The van der Waals surface area contributed by atoms with E-state index < -0.39 is 15.9 Å². The maximum atomic E-state index is 12.9. The normalized spacial score (nSPS) is 15.4. The van der Waals surface area contributed by atoms with Crippen LogP contribution in [0.15, 0.2) is 48.5 Å². The molecule has 0 saturated heterocycles. The smallest absolute Gasteiger partial charge is 0.255 e. The molecule has 1 saturated carbocycles. The van der Waals surface area contributed by atoms with Gasteiger partial charge in [0.15, 0.2) is 0 Å². The Hall–Kier alpha value is -2.41. The second-order valence-electron chi connectivity index (χ2n) is 6.45. The van der Waals surface area contributed by atoms with Gasteiger partial charge in [0.2, 0.25) is 10.0 Å². The first-order valence-electron chi connectivity index (χ1n) is 8.63. The lowest BCUT2D eigenvalue weighted by atomic mass is 10.0. The summed E-state index contributed by atoms with van der Waals surface area (Å²) in [5.74, 6) is -0.780. The molecule has 138 valence electrons. The third-order valence-electron chi connectivity index (χ3n) is 4.48. The molecule has 1 fully saturated rings. The molecule has 3 rings (SSSR count). The number of halogens is 1. The van der Waals surface area contributed by atoms with Crippen LogP contribution < -0.4 is 10.0 Å². The SMILES string of the molecule is O=C(Nc1ccc(F)cc1)c1cccc(NS(=O)(=O)C2CCCCC2)c1. The Labute approximate surface area is 152 Å². The zero-order valence-corrected chi connectivity index (χ0v) is 15.1. The predicted octanol–water partition coefficient (Wildman–Crippen LogP) is 4.15. The van der Waals surface area contributed by atoms with Gasteiger partial charge in [-0.15, -0.1) is 0 Å². The van der Waals surface area contributed by atoms with Crippen molar-refractivity contribution in [1.82, 2.24) is 0 Å².